The Labute approximate surface area is 246 Å². The molecule has 2 saturated carbocycles. The molecule has 0 bridgehead atoms. The van der Waals surface area contributed by atoms with E-state index in [2.05, 4.69) is 10.4 Å². The number of hydrogen-bond acceptors (Lipinski definition) is 7. The zero-order valence-corrected chi connectivity index (χ0v) is 24.9. The molecular formula is C32H39N5O5. The Kier molecular flexibility index (Phi) is 7.11. The number of rotatable bonds is 8. The highest BCUT2D eigenvalue weighted by atomic mass is 16.6. The second-order valence-corrected chi connectivity index (χ2v) is 13.2. The average Bonchev–Trinajstić information content (AvgIpc) is 3.76. The van der Waals surface area contributed by atoms with Gasteiger partial charge >= 0.3 is 12.2 Å². The molecule has 0 radical (unpaired) electrons. The Morgan fingerprint density at radius 1 is 1.02 bits per heavy atom. The number of benzene rings is 1. The Bertz CT molecular complexity index is 1450. The van der Waals surface area contributed by atoms with Crippen LogP contribution in [0, 0.1) is 11.8 Å². The molecule has 1 N–H and O–H groups in total. The van der Waals surface area contributed by atoms with E-state index >= 15 is 0 Å². The molecule has 3 aromatic rings. The van der Waals surface area contributed by atoms with Gasteiger partial charge < -0.3 is 24.4 Å². The van der Waals surface area contributed by atoms with Crippen molar-refractivity contribution >= 4 is 12.2 Å². The van der Waals surface area contributed by atoms with Gasteiger partial charge in [0.25, 0.3) is 0 Å². The van der Waals surface area contributed by atoms with Crippen LogP contribution in [0.3, 0.4) is 0 Å². The van der Waals surface area contributed by atoms with Crippen molar-refractivity contribution in [3.63, 3.8) is 0 Å². The highest BCUT2D eigenvalue weighted by Gasteiger charge is 2.59. The number of ether oxygens (including phenoxy) is 3. The lowest BCUT2D eigenvalue weighted by Gasteiger charge is -2.27. The minimum atomic E-state index is -0.789. The lowest BCUT2D eigenvalue weighted by Crippen LogP contribution is -2.41. The maximum atomic E-state index is 12.8. The molecule has 3 heterocycles. The zero-order chi connectivity index (χ0) is 29.6. The summed E-state index contributed by atoms with van der Waals surface area (Å²) in [6, 6.07) is 13.4. The Hall–Kier alpha value is -4.08. The average molecular weight is 574 g/mol. The van der Waals surface area contributed by atoms with Gasteiger partial charge in [0.2, 0.25) is 5.88 Å². The first-order chi connectivity index (χ1) is 19.9. The molecule has 3 aliphatic rings. The molecule has 1 saturated heterocycles. The highest BCUT2D eigenvalue weighted by Crippen LogP contribution is 2.48. The first kappa shape index (κ1) is 28.1. The third-order valence-electron chi connectivity index (χ3n) is 8.05. The fraction of sp³-hybridized carbons (Fsp3) is 0.500. The summed E-state index contributed by atoms with van der Waals surface area (Å²) in [4.78, 5) is 31.9. The summed E-state index contributed by atoms with van der Waals surface area (Å²) >= 11 is 0. The summed E-state index contributed by atoms with van der Waals surface area (Å²) in [7, 11) is 0. The van der Waals surface area contributed by atoms with Crippen molar-refractivity contribution in [2.24, 2.45) is 11.8 Å². The van der Waals surface area contributed by atoms with Crippen molar-refractivity contribution in [2.75, 3.05) is 13.1 Å². The van der Waals surface area contributed by atoms with Crippen LogP contribution in [0.4, 0.5) is 9.59 Å². The van der Waals surface area contributed by atoms with E-state index in [9.17, 15) is 9.59 Å². The van der Waals surface area contributed by atoms with Gasteiger partial charge in [0.1, 0.15) is 18.3 Å². The highest BCUT2D eigenvalue weighted by molar-refractivity contribution is 5.69. The van der Waals surface area contributed by atoms with Gasteiger partial charge in [-0.15, -0.1) is 0 Å². The van der Waals surface area contributed by atoms with E-state index in [4.69, 9.17) is 19.2 Å². The number of aromatic nitrogens is 3. The molecule has 0 spiro atoms. The lowest BCUT2D eigenvalue weighted by molar-refractivity contribution is 0.0252. The summed E-state index contributed by atoms with van der Waals surface area (Å²) in [6.07, 6.45) is 5.44. The van der Waals surface area contributed by atoms with E-state index in [0.717, 1.165) is 11.1 Å². The third kappa shape index (κ3) is 6.37. The van der Waals surface area contributed by atoms with Gasteiger partial charge in [0.05, 0.1) is 11.7 Å². The Morgan fingerprint density at radius 3 is 2.40 bits per heavy atom. The molecule has 1 aromatic carbocycles. The number of carbonyl (C=O) groups is 2. The molecule has 10 nitrogen and oxygen atoms in total. The van der Waals surface area contributed by atoms with Gasteiger partial charge in [-0.3, -0.25) is 0 Å². The van der Waals surface area contributed by atoms with Crippen LogP contribution in [0.2, 0.25) is 0 Å². The number of alkyl carbamates (subject to hydrolysis) is 1. The number of hydrogen-bond donors (Lipinski definition) is 1. The molecule has 1 aliphatic heterocycles. The van der Waals surface area contributed by atoms with Crippen molar-refractivity contribution in [3.8, 4) is 11.7 Å². The number of piperidine rings is 1. The van der Waals surface area contributed by atoms with Crippen LogP contribution >= 0.6 is 0 Å². The van der Waals surface area contributed by atoms with Crippen LogP contribution in [0.1, 0.15) is 70.1 Å². The van der Waals surface area contributed by atoms with Gasteiger partial charge in [-0.1, -0.05) is 30.3 Å². The summed E-state index contributed by atoms with van der Waals surface area (Å²) in [5.74, 6) is 2.10. The van der Waals surface area contributed by atoms with E-state index in [1.807, 2.05) is 89.5 Å². The van der Waals surface area contributed by atoms with Crippen molar-refractivity contribution < 1.29 is 23.8 Å². The minimum absolute atomic E-state index is 0.0363. The number of pyridine rings is 1. The first-order valence-electron chi connectivity index (χ1n) is 14.7. The van der Waals surface area contributed by atoms with E-state index < -0.39 is 17.2 Å². The second-order valence-electron chi connectivity index (χ2n) is 13.2. The lowest BCUT2D eigenvalue weighted by atomic mass is 9.95. The summed E-state index contributed by atoms with van der Waals surface area (Å²) in [5.41, 5.74) is 1.61. The number of likely N-dealkylation sites (tertiary alicyclic amines) is 1. The summed E-state index contributed by atoms with van der Waals surface area (Å²) < 4.78 is 19.2. The molecule has 1 unspecified atom stereocenters. The fourth-order valence-electron chi connectivity index (χ4n) is 5.47. The van der Waals surface area contributed by atoms with Gasteiger partial charge in [-0.2, -0.15) is 10.1 Å². The SMILES string of the molecule is CC(C)(C)OC(=O)N1C[C@@H]2C(Oc3cc(C(C)(C)NC(=O)OCc4ccccc4)cc(-n4cc(C5CC5)cn4)n3)[C@@H]2C1. The molecule has 6 rings (SSSR count). The maximum absolute atomic E-state index is 12.8. The fourth-order valence-corrected chi connectivity index (χ4v) is 5.47. The predicted molar refractivity (Wildman–Crippen MR) is 155 cm³/mol. The molecule has 3 atom stereocenters. The van der Waals surface area contributed by atoms with Gasteiger partial charge in [0.15, 0.2) is 5.82 Å². The van der Waals surface area contributed by atoms with E-state index in [0.29, 0.717) is 30.7 Å². The number of nitrogens with one attached hydrogen (secondary N) is 1. The number of fused-ring (bicyclic) bond motifs is 1. The van der Waals surface area contributed by atoms with Crippen molar-refractivity contribution in [3.05, 3.63) is 71.5 Å². The van der Waals surface area contributed by atoms with E-state index in [1.54, 1.807) is 9.58 Å². The minimum Gasteiger partial charge on any atom is -0.474 e. The van der Waals surface area contributed by atoms with E-state index in [1.165, 1.54) is 18.4 Å². The Balaban J connectivity index is 1.17. The van der Waals surface area contributed by atoms with Gasteiger partial charge in [-0.25, -0.2) is 14.3 Å². The van der Waals surface area contributed by atoms with Gasteiger partial charge in [0, 0.05) is 37.2 Å². The molecule has 2 amide bonds. The van der Waals surface area contributed by atoms with Crippen LogP contribution < -0.4 is 10.1 Å². The second kappa shape index (κ2) is 10.6. The summed E-state index contributed by atoms with van der Waals surface area (Å²) in [5, 5.41) is 7.57. The molecule has 2 aliphatic carbocycles. The van der Waals surface area contributed by atoms with Crippen LogP contribution in [-0.4, -0.2) is 56.6 Å². The molecule has 2 aromatic heterocycles. The monoisotopic (exact) mass is 573 g/mol. The topological polar surface area (TPSA) is 108 Å². The molecular weight excluding hydrogens is 534 g/mol. The quantitative estimate of drug-likeness (QED) is 0.376. The van der Waals surface area contributed by atoms with E-state index in [-0.39, 0.29) is 30.6 Å². The standard InChI is InChI=1S/C32H39N5O5/c1-31(2,3)42-30(39)36-17-24-25(18-36)28(24)41-27-14-23(13-26(34-27)37-16-22(15-33-37)21-11-12-21)32(4,5)35-29(38)40-19-20-9-7-6-8-10-20/h6-10,13-16,21,24-25,28H,11-12,17-19H2,1-5H3,(H,35,38)/t24-,25+,28?. The van der Waals surface area contributed by atoms with Crippen LogP contribution in [0.5, 0.6) is 5.88 Å². The third-order valence-corrected chi connectivity index (χ3v) is 8.05. The summed E-state index contributed by atoms with van der Waals surface area (Å²) in [6.45, 7) is 10.8. The first-order valence-corrected chi connectivity index (χ1v) is 14.7. The van der Waals surface area contributed by atoms with Crippen LogP contribution in [-0.2, 0) is 21.6 Å². The molecule has 222 valence electrons. The van der Waals surface area contributed by atoms with Gasteiger partial charge in [-0.05, 0) is 76.1 Å². The smallest absolute Gasteiger partial charge is 0.410 e. The molecule has 42 heavy (non-hydrogen) atoms. The van der Waals surface area contributed by atoms with Crippen LogP contribution in [0.15, 0.2) is 54.9 Å². The normalized spacial score (nSPS) is 21.5. The van der Waals surface area contributed by atoms with Crippen molar-refractivity contribution in [2.45, 2.75) is 77.2 Å². The zero-order valence-electron chi connectivity index (χ0n) is 24.9. The number of carbonyl (C=O) groups excluding carboxylic acids is 2. The predicted octanol–water partition coefficient (Wildman–Crippen LogP) is 5.55. The number of amides is 2. The molecule has 3 fully saturated rings. The maximum Gasteiger partial charge on any atom is 0.410 e. The molecule has 10 heteroatoms. The Morgan fingerprint density at radius 2 is 1.74 bits per heavy atom. The van der Waals surface area contributed by atoms with Crippen LogP contribution in [0.25, 0.3) is 5.82 Å². The number of nitrogens with zero attached hydrogens (tertiary/aromatic N) is 4. The van der Waals surface area contributed by atoms with Crippen molar-refractivity contribution in [1.82, 2.24) is 25.0 Å². The van der Waals surface area contributed by atoms with Crippen molar-refractivity contribution in [1.29, 1.82) is 0 Å². The largest absolute Gasteiger partial charge is 0.474 e.